The minimum atomic E-state index is -0.0771. The number of rotatable bonds is 7. The minimum absolute atomic E-state index is 0.0771. The lowest BCUT2D eigenvalue weighted by molar-refractivity contribution is -0.128. The maximum atomic E-state index is 11.9. The van der Waals surface area contributed by atoms with Crippen molar-refractivity contribution >= 4 is 5.91 Å². The molecule has 6 nitrogen and oxygen atoms in total. The molecule has 1 N–H and O–H groups in total. The number of carbonyl (C=O) groups is 1. The lowest BCUT2D eigenvalue weighted by atomic mass is 9.98. The van der Waals surface area contributed by atoms with Crippen LogP contribution in [0.3, 0.4) is 0 Å². The summed E-state index contributed by atoms with van der Waals surface area (Å²) >= 11 is 0. The number of hydrogen-bond acceptors (Lipinski definition) is 5. The molecule has 6 heteroatoms. The molecule has 1 aliphatic carbocycles. The Morgan fingerprint density at radius 2 is 1.92 bits per heavy atom. The van der Waals surface area contributed by atoms with Gasteiger partial charge in [-0.3, -0.25) is 9.69 Å². The molecular weight excluding hydrogens is 308 g/mol. The average Bonchev–Trinajstić information content (AvgIpc) is 3.07. The number of ether oxygens (including phenoxy) is 2. The Morgan fingerprint density at radius 1 is 1.17 bits per heavy atom. The first kappa shape index (κ1) is 17.5. The quantitative estimate of drug-likeness (QED) is 0.826. The molecule has 0 aromatic carbocycles. The minimum Gasteiger partial charge on any atom is -0.463 e. The summed E-state index contributed by atoms with van der Waals surface area (Å²) in [6.07, 6.45) is 6.13. The van der Waals surface area contributed by atoms with Crippen LogP contribution in [0.25, 0.3) is 0 Å². The summed E-state index contributed by atoms with van der Waals surface area (Å²) in [5.74, 6) is 1.63. The van der Waals surface area contributed by atoms with E-state index in [1.807, 2.05) is 12.1 Å². The highest BCUT2D eigenvalue weighted by atomic mass is 16.5. The van der Waals surface area contributed by atoms with Gasteiger partial charge in [-0.2, -0.15) is 0 Å². The highest BCUT2D eigenvalue weighted by molar-refractivity contribution is 5.77. The number of nitrogens with zero attached hydrogens (tertiary/aromatic N) is 1. The molecular formula is C18H28N2O4. The Kier molecular flexibility index (Phi) is 6.69. The van der Waals surface area contributed by atoms with Crippen molar-refractivity contribution in [2.45, 2.75) is 51.3 Å². The standard InChI is InChI=1S/C18H28N2O4/c21-18(14-23-15-4-2-1-3-5-15)19-12-16-6-7-17(24-16)13-20-8-10-22-11-9-20/h6-7,15H,1-5,8-14H2,(H,19,21). The summed E-state index contributed by atoms with van der Waals surface area (Å²) in [4.78, 5) is 14.2. The molecule has 2 heterocycles. The molecule has 0 bridgehead atoms. The van der Waals surface area contributed by atoms with Crippen LogP contribution in [0.4, 0.5) is 0 Å². The second kappa shape index (κ2) is 9.20. The molecule has 1 saturated heterocycles. The van der Waals surface area contributed by atoms with Crippen LogP contribution in [0.5, 0.6) is 0 Å². The van der Waals surface area contributed by atoms with Gasteiger partial charge in [0.25, 0.3) is 0 Å². The molecule has 0 atom stereocenters. The fraction of sp³-hybridized carbons (Fsp3) is 0.722. The van der Waals surface area contributed by atoms with E-state index in [0.717, 1.165) is 57.2 Å². The van der Waals surface area contributed by atoms with E-state index >= 15 is 0 Å². The monoisotopic (exact) mass is 336 g/mol. The lowest BCUT2D eigenvalue weighted by Crippen LogP contribution is -2.35. The first-order chi connectivity index (χ1) is 11.8. The van der Waals surface area contributed by atoms with Crippen LogP contribution in [0.1, 0.15) is 43.6 Å². The average molecular weight is 336 g/mol. The zero-order chi connectivity index (χ0) is 16.6. The molecule has 1 aliphatic heterocycles. The molecule has 24 heavy (non-hydrogen) atoms. The van der Waals surface area contributed by atoms with Crippen molar-refractivity contribution in [1.29, 1.82) is 0 Å². The maximum Gasteiger partial charge on any atom is 0.246 e. The van der Waals surface area contributed by atoms with E-state index in [1.165, 1.54) is 19.3 Å². The Bertz CT molecular complexity index is 505. The smallest absolute Gasteiger partial charge is 0.246 e. The van der Waals surface area contributed by atoms with Crippen molar-refractivity contribution in [3.8, 4) is 0 Å². The van der Waals surface area contributed by atoms with E-state index in [-0.39, 0.29) is 18.6 Å². The van der Waals surface area contributed by atoms with Gasteiger partial charge in [0.15, 0.2) is 0 Å². The number of hydrogen-bond donors (Lipinski definition) is 1. The second-order valence-electron chi connectivity index (χ2n) is 6.60. The Morgan fingerprint density at radius 3 is 2.71 bits per heavy atom. The fourth-order valence-corrected chi connectivity index (χ4v) is 3.24. The molecule has 1 aromatic heterocycles. The van der Waals surface area contributed by atoms with Crippen LogP contribution >= 0.6 is 0 Å². The van der Waals surface area contributed by atoms with Crippen molar-refractivity contribution < 1.29 is 18.7 Å². The van der Waals surface area contributed by atoms with E-state index in [0.29, 0.717) is 6.54 Å². The third kappa shape index (κ3) is 5.61. The SMILES string of the molecule is O=C(COC1CCCCC1)NCc1ccc(CN2CCOCC2)o1. The van der Waals surface area contributed by atoms with Crippen molar-refractivity contribution in [2.75, 3.05) is 32.9 Å². The number of morpholine rings is 1. The fourth-order valence-electron chi connectivity index (χ4n) is 3.24. The molecule has 134 valence electrons. The number of furan rings is 1. The van der Waals surface area contributed by atoms with E-state index in [1.54, 1.807) is 0 Å². The summed E-state index contributed by atoms with van der Waals surface area (Å²) in [5.41, 5.74) is 0. The van der Waals surface area contributed by atoms with Crippen LogP contribution in [-0.4, -0.2) is 49.8 Å². The molecule has 2 fully saturated rings. The third-order valence-corrected chi connectivity index (χ3v) is 4.66. The second-order valence-corrected chi connectivity index (χ2v) is 6.60. The van der Waals surface area contributed by atoms with Gasteiger partial charge < -0.3 is 19.2 Å². The summed E-state index contributed by atoms with van der Waals surface area (Å²) in [6, 6.07) is 3.91. The molecule has 1 amide bonds. The highest BCUT2D eigenvalue weighted by Crippen LogP contribution is 2.20. The van der Waals surface area contributed by atoms with Crippen molar-refractivity contribution in [3.05, 3.63) is 23.7 Å². The van der Waals surface area contributed by atoms with E-state index in [4.69, 9.17) is 13.9 Å². The molecule has 0 unspecified atom stereocenters. The van der Waals surface area contributed by atoms with Gasteiger partial charge in [0.05, 0.1) is 32.4 Å². The lowest BCUT2D eigenvalue weighted by Gasteiger charge is -2.25. The van der Waals surface area contributed by atoms with Crippen LogP contribution < -0.4 is 5.32 Å². The van der Waals surface area contributed by atoms with Gasteiger partial charge in [0, 0.05) is 13.1 Å². The van der Waals surface area contributed by atoms with Gasteiger partial charge in [-0.25, -0.2) is 0 Å². The van der Waals surface area contributed by atoms with Crippen molar-refractivity contribution in [1.82, 2.24) is 10.2 Å². The Hall–Kier alpha value is -1.37. The van der Waals surface area contributed by atoms with Crippen molar-refractivity contribution in [3.63, 3.8) is 0 Å². The topological polar surface area (TPSA) is 63.9 Å². The van der Waals surface area contributed by atoms with Gasteiger partial charge in [0.2, 0.25) is 5.91 Å². The predicted octanol–water partition coefficient (Wildman–Crippen LogP) is 2.08. The summed E-state index contributed by atoms with van der Waals surface area (Å²) in [5, 5.41) is 2.86. The van der Waals surface area contributed by atoms with Gasteiger partial charge in [-0.15, -0.1) is 0 Å². The van der Waals surface area contributed by atoms with Gasteiger partial charge in [-0.05, 0) is 25.0 Å². The maximum absolute atomic E-state index is 11.9. The van der Waals surface area contributed by atoms with Gasteiger partial charge in [-0.1, -0.05) is 19.3 Å². The first-order valence-corrected chi connectivity index (χ1v) is 9.05. The Labute approximate surface area is 143 Å². The molecule has 0 radical (unpaired) electrons. The summed E-state index contributed by atoms with van der Waals surface area (Å²) in [6.45, 7) is 4.79. The van der Waals surface area contributed by atoms with Crippen LogP contribution in [0.15, 0.2) is 16.5 Å². The van der Waals surface area contributed by atoms with E-state index < -0.39 is 0 Å². The summed E-state index contributed by atoms with van der Waals surface area (Å²) in [7, 11) is 0. The van der Waals surface area contributed by atoms with Gasteiger partial charge >= 0.3 is 0 Å². The normalized spacial score (nSPS) is 20.2. The van der Waals surface area contributed by atoms with Crippen LogP contribution in [0.2, 0.25) is 0 Å². The zero-order valence-electron chi connectivity index (χ0n) is 14.3. The molecule has 1 aromatic rings. The third-order valence-electron chi connectivity index (χ3n) is 4.66. The largest absolute Gasteiger partial charge is 0.463 e. The molecule has 1 saturated carbocycles. The number of amides is 1. The highest BCUT2D eigenvalue weighted by Gasteiger charge is 2.16. The van der Waals surface area contributed by atoms with E-state index in [2.05, 4.69) is 10.2 Å². The Balaban J connectivity index is 1.34. The first-order valence-electron chi connectivity index (χ1n) is 9.05. The molecule has 2 aliphatic rings. The van der Waals surface area contributed by atoms with Crippen LogP contribution in [-0.2, 0) is 27.4 Å². The van der Waals surface area contributed by atoms with Gasteiger partial charge in [0.1, 0.15) is 18.1 Å². The summed E-state index contributed by atoms with van der Waals surface area (Å²) < 4.78 is 16.8. The predicted molar refractivity (Wildman–Crippen MR) is 89.5 cm³/mol. The number of carbonyl (C=O) groups excluding carboxylic acids is 1. The molecule has 3 rings (SSSR count). The van der Waals surface area contributed by atoms with Crippen molar-refractivity contribution in [2.24, 2.45) is 0 Å². The molecule has 0 spiro atoms. The number of nitrogens with one attached hydrogen (secondary N) is 1. The zero-order valence-corrected chi connectivity index (χ0v) is 14.3. The van der Waals surface area contributed by atoms with E-state index in [9.17, 15) is 4.79 Å². The van der Waals surface area contributed by atoms with Crippen LogP contribution in [0, 0.1) is 0 Å².